The average molecular weight is 257 g/mol. The molecule has 1 aromatic carbocycles. The molecule has 100 valence electrons. The van der Waals surface area contributed by atoms with E-state index in [0.29, 0.717) is 11.7 Å². The maximum atomic E-state index is 10.0. The second kappa shape index (κ2) is 5.05. The lowest BCUT2D eigenvalue weighted by Gasteiger charge is -2.24. The van der Waals surface area contributed by atoms with Gasteiger partial charge < -0.3 is 10.4 Å². The van der Waals surface area contributed by atoms with E-state index in [9.17, 15) is 5.11 Å². The highest BCUT2D eigenvalue weighted by molar-refractivity contribution is 5.72. The van der Waals surface area contributed by atoms with E-state index in [-0.39, 0.29) is 0 Å². The Labute approximate surface area is 113 Å². The summed E-state index contributed by atoms with van der Waals surface area (Å²) in [4.78, 5) is 0. The molecule has 1 fully saturated rings. The zero-order valence-electron chi connectivity index (χ0n) is 11.1. The summed E-state index contributed by atoms with van der Waals surface area (Å²) in [5.74, 6) is 0.788. The van der Waals surface area contributed by atoms with Crippen molar-refractivity contribution in [1.29, 1.82) is 0 Å². The predicted molar refractivity (Wildman–Crippen MR) is 75.2 cm³/mol. The third-order valence-corrected chi connectivity index (χ3v) is 3.86. The van der Waals surface area contributed by atoms with Crippen LogP contribution in [-0.2, 0) is 7.05 Å². The Morgan fingerprint density at radius 3 is 2.89 bits per heavy atom. The number of nitrogens with zero attached hydrogens (tertiary/aromatic N) is 2. The first-order chi connectivity index (χ1) is 9.27. The van der Waals surface area contributed by atoms with E-state index in [1.54, 1.807) is 6.07 Å². The topological polar surface area (TPSA) is 50.1 Å². The normalized spacial score (nSPS) is 19.5. The summed E-state index contributed by atoms with van der Waals surface area (Å²) in [6.07, 6.45) is 4.22. The van der Waals surface area contributed by atoms with Crippen molar-refractivity contribution in [2.24, 2.45) is 7.05 Å². The Kier molecular flexibility index (Phi) is 3.25. The maximum Gasteiger partial charge on any atom is 0.123 e. The summed E-state index contributed by atoms with van der Waals surface area (Å²) in [5.41, 5.74) is 3.14. The summed E-state index contributed by atoms with van der Waals surface area (Å²) < 4.78 is 1.94. The zero-order chi connectivity index (χ0) is 13.2. The third kappa shape index (κ3) is 2.24. The number of aromatic hydroxyl groups is 1. The van der Waals surface area contributed by atoms with Crippen LogP contribution < -0.4 is 5.32 Å². The summed E-state index contributed by atoms with van der Waals surface area (Å²) in [7, 11) is 1.98. The van der Waals surface area contributed by atoms with Gasteiger partial charge in [0.25, 0.3) is 0 Å². The third-order valence-electron chi connectivity index (χ3n) is 3.86. The van der Waals surface area contributed by atoms with E-state index in [4.69, 9.17) is 0 Å². The van der Waals surface area contributed by atoms with Crippen LogP contribution in [0, 0.1) is 0 Å². The summed E-state index contributed by atoms with van der Waals surface area (Å²) >= 11 is 0. The lowest BCUT2D eigenvalue weighted by atomic mass is 9.91. The molecule has 1 atom stereocenters. The fraction of sp³-hybridized carbons (Fsp3) is 0.400. The van der Waals surface area contributed by atoms with Crippen molar-refractivity contribution >= 4 is 0 Å². The molecule has 4 nitrogen and oxygen atoms in total. The van der Waals surface area contributed by atoms with Gasteiger partial charge in [-0.05, 0) is 25.5 Å². The summed E-state index contributed by atoms with van der Waals surface area (Å²) in [5, 5.41) is 17.9. The molecule has 0 bridgehead atoms. The van der Waals surface area contributed by atoms with E-state index in [1.165, 1.54) is 18.5 Å². The quantitative estimate of drug-likeness (QED) is 0.867. The van der Waals surface area contributed by atoms with Crippen LogP contribution in [-0.4, -0.2) is 28.0 Å². The smallest absolute Gasteiger partial charge is 0.123 e. The van der Waals surface area contributed by atoms with Crippen molar-refractivity contribution in [3.05, 3.63) is 36.2 Å². The van der Waals surface area contributed by atoms with Crippen LogP contribution in [0.5, 0.6) is 5.75 Å². The molecule has 3 rings (SSSR count). The number of phenols is 1. The average Bonchev–Trinajstić information content (AvgIpc) is 2.82. The number of aryl methyl sites for hydroxylation is 1. The Balaban J connectivity index is 2.05. The summed E-state index contributed by atoms with van der Waals surface area (Å²) in [6.45, 7) is 2.08. The molecular formula is C15H19N3O. The Hall–Kier alpha value is -1.81. The van der Waals surface area contributed by atoms with Gasteiger partial charge in [0, 0.05) is 30.6 Å². The first-order valence-corrected chi connectivity index (χ1v) is 6.78. The van der Waals surface area contributed by atoms with Gasteiger partial charge in [0.15, 0.2) is 0 Å². The van der Waals surface area contributed by atoms with Crippen LogP contribution in [0.4, 0.5) is 0 Å². The van der Waals surface area contributed by atoms with Gasteiger partial charge in [-0.25, -0.2) is 0 Å². The second-order valence-corrected chi connectivity index (χ2v) is 5.13. The van der Waals surface area contributed by atoms with Crippen LogP contribution in [0.15, 0.2) is 30.5 Å². The molecule has 1 aliphatic heterocycles. The first kappa shape index (κ1) is 12.2. The predicted octanol–water partition coefficient (Wildman–Crippen LogP) is 2.26. The van der Waals surface area contributed by atoms with Gasteiger partial charge in [0.05, 0.1) is 11.9 Å². The van der Waals surface area contributed by atoms with Crippen LogP contribution in [0.3, 0.4) is 0 Å². The van der Waals surface area contributed by atoms with Gasteiger partial charge in [0.2, 0.25) is 0 Å². The lowest BCUT2D eigenvalue weighted by molar-refractivity contribution is 0.441. The van der Waals surface area contributed by atoms with Crippen molar-refractivity contribution in [1.82, 2.24) is 15.1 Å². The summed E-state index contributed by atoms with van der Waals surface area (Å²) in [6, 6.07) is 7.47. The Morgan fingerprint density at radius 2 is 2.16 bits per heavy atom. The minimum atomic E-state index is 0.320. The molecule has 0 radical (unpaired) electrons. The van der Waals surface area contributed by atoms with Crippen LogP contribution in [0.25, 0.3) is 11.1 Å². The van der Waals surface area contributed by atoms with Gasteiger partial charge in [-0.3, -0.25) is 4.68 Å². The number of para-hydroxylation sites is 1. The highest BCUT2D eigenvalue weighted by Crippen LogP contribution is 2.36. The molecule has 1 aliphatic rings. The van der Waals surface area contributed by atoms with Crippen molar-refractivity contribution in [2.75, 3.05) is 13.1 Å². The Bertz CT molecular complexity index is 571. The second-order valence-electron chi connectivity index (χ2n) is 5.13. The Morgan fingerprint density at radius 1 is 1.32 bits per heavy atom. The number of phenolic OH excluding ortho intramolecular Hbond substituents is 1. The monoisotopic (exact) mass is 257 g/mol. The van der Waals surface area contributed by atoms with E-state index in [1.807, 2.05) is 36.1 Å². The number of benzene rings is 1. The fourth-order valence-corrected chi connectivity index (χ4v) is 2.93. The molecule has 0 saturated carbocycles. The van der Waals surface area contributed by atoms with Gasteiger partial charge in [-0.15, -0.1) is 0 Å². The lowest BCUT2D eigenvalue weighted by Crippen LogP contribution is -2.29. The zero-order valence-corrected chi connectivity index (χ0v) is 11.1. The number of hydrogen-bond donors (Lipinski definition) is 2. The molecule has 2 N–H and O–H groups in total. The molecule has 19 heavy (non-hydrogen) atoms. The van der Waals surface area contributed by atoms with Gasteiger partial charge in [-0.1, -0.05) is 18.2 Å². The van der Waals surface area contributed by atoms with E-state index >= 15 is 0 Å². The molecular weight excluding hydrogens is 238 g/mol. The SMILES string of the molecule is Cn1ncc(-c2ccccc2O)c1C1CCCNC1. The largest absolute Gasteiger partial charge is 0.507 e. The van der Waals surface area contributed by atoms with E-state index in [0.717, 1.165) is 24.2 Å². The highest BCUT2D eigenvalue weighted by Gasteiger charge is 2.23. The fourth-order valence-electron chi connectivity index (χ4n) is 2.93. The maximum absolute atomic E-state index is 10.0. The van der Waals surface area contributed by atoms with Crippen molar-refractivity contribution in [3.8, 4) is 16.9 Å². The molecule has 2 aromatic rings. The number of nitrogens with one attached hydrogen (secondary N) is 1. The minimum absolute atomic E-state index is 0.320. The molecule has 1 saturated heterocycles. The molecule has 1 unspecified atom stereocenters. The standard InChI is InChI=1S/C15H19N3O/c1-18-15(11-5-4-8-16-9-11)13(10-17-18)12-6-2-3-7-14(12)19/h2-3,6-7,10-11,16,19H,4-5,8-9H2,1H3. The highest BCUT2D eigenvalue weighted by atomic mass is 16.3. The van der Waals surface area contributed by atoms with Gasteiger partial charge in [0.1, 0.15) is 5.75 Å². The van der Waals surface area contributed by atoms with E-state index in [2.05, 4.69) is 10.4 Å². The first-order valence-electron chi connectivity index (χ1n) is 6.78. The van der Waals surface area contributed by atoms with Crippen LogP contribution >= 0.6 is 0 Å². The molecule has 0 spiro atoms. The van der Waals surface area contributed by atoms with Crippen molar-refractivity contribution in [3.63, 3.8) is 0 Å². The van der Waals surface area contributed by atoms with E-state index < -0.39 is 0 Å². The molecule has 0 amide bonds. The molecule has 1 aromatic heterocycles. The number of aromatic nitrogens is 2. The molecule has 4 heteroatoms. The molecule has 0 aliphatic carbocycles. The minimum Gasteiger partial charge on any atom is -0.507 e. The van der Waals surface area contributed by atoms with Crippen LogP contribution in [0.2, 0.25) is 0 Å². The number of hydrogen-bond acceptors (Lipinski definition) is 3. The van der Waals surface area contributed by atoms with Crippen molar-refractivity contribution < 1.29 is 5.11 Å². The van der Waals surface area contributed by atoms with Crippen molar-refractivity contribution in [2.45, 2.75) is 18.8 Å². The van der Waals surface area contributed by atoms with Gasteiger partial charge >= 0.3 is 0 Å². The van der Waals surface area contributed by atoms with Crippen LogP contribution in [0.1, 0.15) is 24.5 Å². The molecule has 2 heterocycles. The van der Waals surface area contributed by atoms with Gasteiger partial charge in [-0.2, -0.15) is 5.10 Å². The number of rotatable bonds is 2. The number of piperidine rings is 1.